The SMILES string of the molecule is COP(=O)(OC)C(Cl)C(S[C@H]1CCCC[C@@H]1Cl)=C(C)C. The molecule has 20 heavy (non-hydrogen) atoms. The van der Waals surface area contributed by atoms with E-state index in [9.17, 15) is 4.57 Å². The Labute approximate surface area is 136 Å². The molecular formula is C13H23Cl2O3PS. The van der Waals surface area contributed by atoms with Crippen LogP contribution in [0.3, 0.4) is 0 Å². The van der Waals surface area contributed by atoms with Crippen molar-refractivity contribution in [2.24, 2.45) is 0 Å². The summed E-state index contributed by atoms with van der Waals surface area (Å²) in [5.41, 5.74) is 1.03. The Bertz CT molecular complexity index is 391. The van der Waals surface area contributed by atoms with Crippen molar-refractivity contribution in [3.8, 4) is 0 Å². The van der Waals surface area contributed by atoms with Crippen LogP contribution >= 0.6 is 42.6 Å². The highest BCUT2D eigenvalue weighted by Gasteiger charge is 2.38. The Morgan fingerprint density at radius 3 is 2.25 bits per heavy atom. The predicted molar refractivity (Wildman–Crippen MR) is 89.1 cm³/mol. The molecule has 1 unspecified atom stereocenters. The van der Waals surface area contributed by atoms with E-state index in [0.717, 1.165) is 23.3 Å². The molecule has 0 amide bonds. The Balaban J connectivity index is 2.90. The molecule has 1 rings (SSSR count). The first-order chi connectivity index (χ1) is 9.35. The van der Waals surface area contributed by atoms with E-state index in [-0.39, 0.29) is 5.38 Å². The van der Waals surface area contributed by atoms with Crippen LogP contribution in [0.2, 0.25) is 0 Å². The summed E-state index contributed by atoms with van der Waals surface area (Å²) in [5, 5.41) is -0.339. The van der Waals surface area contributed by atoms with Gasteiger partial charge in [-0.05, 0) is 26.7 Å². The van der Waals surface area contributed by atoms with E-state index in [2.05, 4.69) is 0 Å². The molecular weight excluding hydrogens is 338 g/mol. The topological polar surface area (TPSA) is 35.5 Å². The van der Waals surface area contributed by atoms with Crippen molar-refractivity contribution in [2.45, 2.75) is 55.3 Å². The van der Waals surface area contributed by atoms with E-state index in [4.69, 9.17) is 32.2 Å². The highest BCUT2D eigenvalue weighted by atomic mass is 35.5. The van der Waals surface area contributed by atoms with Crippen molar-refractivity contribution in [2.75, 3.05) is 14.2 Å². The number of rotatable bonds is 6. The average Bonchev–Trinajstić information content (AvgIpc) is 2.44. The lowest BCUT2D eigenvalue weighted by Crippen LogP contribution is -2.23. The van der Waals surface area contributed by atoms with Crippen LogP contribution in [0.25, 0.3) is 0 Å². The molecule has 1 aliphatic rings. The molecule has 118 valence electrons. The molecule has 1 fully saturated rings. The number of thioether (sulfide) groups is 1. The fourth-order valence-corrected chi connectivity index (χ4v) is 6.33. The van der Waals surface area contributed by atoms with Gasteiger partial charge in [0, 0.05) is 29.8 Å². The lowest BCUT2D eigenvalue weighted by Gasteiger charge is -2.30. The maximum Gasteiger partial charge on any atom is 0.352 e. The monoisotopic (exact) mass is 360 g/mol. The second-order valence-electron chi connectivity index (χ2n) is 5.06. The van der Waals surface area contributed by atoms with E-state index >= 15 is 0 Å². The third kappa shape index (κ3) is 4.66. The first kappa shape index (κ1) is 18.9. The minimum absolute atomic E-state index is 0.136. The molecule has 1 aliphatic carbocycles. The Morgan fingerprint density at radius 2 is 1.80 bits per heavy atom. The maximum atomic E-state index is 12.5. The summed E-state index contributed by atoms with van der Waals surface area (Å²) < 4.78 is 22.5. The Kier molecular flexibility index (Phi) is 7.97. The van der Waals surface area contributed by atoms with E-state index in [1.807, 2.05) is 13.8 Å². The number of alkyl halides is 2. The highest BCUT2D eigenvalue weighted by Crippen LogP contribution is 2.59. The predicted octanol–water partition coefficient (Wildman–Crippen LogP) is 5.61. The van der Waals surface area contributed by atoms with E-state index < -0.39 is 12.7 Å². The molecule has 3 atom stereocenters. The zero-order chi connectivity index (χ0) is 15.3. The van der Waals surface area contributed by atoms with Crippen LogP contribution in [0.5, 0.6) is 0 Å². The summed E-state index contributed by atoms with van der Waals surface area (Å²) in [6.45, 7) is 3.92. The van der Waals surface area contributed by atoms with E-state index in [1.165, 1.54) is 27.1 Å². The summed E-state index contributed by atoms with van der Waals surface area (Å²) in [6.07, 6.45) is 4.43. The molecule has 0 aliphatic heterocycles. The van der Waals surface area contributed by atoms with E-state index in [0.29, 0.717) is 5.25 Å². The van der Waals surface area contributed by atoms with Crippen molar-refractivity contribution in [3.05, 3.63) is 10.5 Å². The summed E-state index contributed by atoms with van der Waals surface area (Å²) in [7, 11) is -0.608. The maximum absolute atomic E-state index is 12.5. The van der Waals surface area contributed by atoms with Crippen molar-refractivity contribution in [1.29, 1.82) is 0 Å². The normalized spacial score (nSPS) is 25.3. The first-order valence-corrected chi connectivity index (χ1v) is 10.1. The molecule has 0 N–H and O–H groups in total. The van der Waals surface area contributed by atoms with Gasteiger partial charge in [0.05, 0.1) is 0 Å². The lowest BCUT2D eigenvalue weighted by atomic mass is 10.00. The summed E-state index contributed by atoms with van der Waals surface area (Å²) in [5.74, 6) is 0. The number of hydrogen-bond donors (Lipinski definition) is 0. The van der Waals surface area contributed by atoms with Crippen molar-refractivity contribution in [1.82, 2.24) is 0 Å². The van der Waals surface area contributed by atoms with Crippen LogP contribution in [-0.2, 0) is 13.6 Å². The zero-order valence-electron chi connectivity index (χ0n) is 12.4. The zero-order valence-corrected chi connectivity index (χ0v) is 15.6. The van der Waals surface area contributed by atoms with Gasteiger partial charge in [-0.2, -0.15) is 0 Å². The molecule has 0 bridgehead atoms. The number of hydrogen-bond acceptors (Lipinski definition) is 4. The van der Waals surface area contributed by atoms with Gasteiger partial charge in [0.25, 0.3) is 0 Å². The lowest BCUT2D eigenvalue weighted by molar-refractivity contribution is 0.276. The second kappa shape index (κ2) is 8.45. The largest absolute Gasteiger partial charge is 0.352 e. The minimum Gasteiger partial charge on any atom is -0.311 e. The van der Waals surface area contributed by atoms with Crippen LogP contribution in [0.4, 0.5) is 0 Å². The standard InChI is InChI=1S/C13H23Cl2O3PS/c1-9(2)12(13(15)19(16,17-3)18-4)20-11-8-6-5-7-10(11)14/h10-11,13H,5-8H2,1-4H3/t10-,11-,13?/m0/s1. The molecule has 1 saturated carbocycles. The molecule has 7 heteroatoms. The number of allylic oxidation sites excluding steroid dienone is 2. The van der Waals surface area contributed by atoms with Gasteiger partial charge in [0.2, 0.25) is 0 Å². The van der Waals surface area contributed by atoms with Crippen molar-refractivity contribution in [3.63, 3.8) is 0 Å². The van der Waals surface area contributed by atoms with E-state index in [1.54, 1.807) is 11.8 Å². The molecule has 0 aromatic carbocycles. The average molecular weight is 361 g/mol. The van der Waals surface area contributed by atoms with Gasteiger partial charge < -0.3 is 9.05 Å². The van der Waals surface area contributed by atoms with Crippen molar-refractivity contribution >= 4 is 42.6 Å². The molecule has 0 aromatic rings. The Morgan fingerprint density at radius 1 is 1.25 bits per heavy atom. The minimum atomic E-state index is -3.33. The van der Waals surface area contributed by atoms with Gasteiger partial charge in [-0.3, -0.25) is 4.57 Å². The fourth-order valence-electron chi connectivity index (χ4n) is 2.16. The first-order valence-electron chi connectivity index (χ1n) is 6.69. The van der Waals surface area contributed by atoms with Gasteiger partial charge in [-0.25, -0.2) is 0 Å². The van der Waals surface area contributed by atoms with Crippen LogP contribution in [0.1, 0.15) is 39.5 Å². The van der Waals surface area contributed by atoms with Gasteiger partial charge >= 0.3 is 7.60 Å². The Hall–Kier alpha value is 0.820. The number of halogens is 2. The van der Waals surface area contributed by atoms with Gasteiger partial charge in [-0.15, -0.1) is 35.0 Å². The molecule has 3 nitrogen and oxygen atoms in total. The van der Waals surface area contributed by atoms with Crippen molar-refractivity contribution < 1.29 is 13.6 Å². The smallest absolute Gasteiger partial charge is 0.311 e. The van der Waals surface area contributed by atoms with Gasteiger partial charge in [0.1, 0.15) is 0 Å². The fraction of sp³-hybridized carbons (Fsp3) is 0.846. The summed E-state index contributed by atoms with van der Waals surface area (Å²) in [6, 6.07) is 0. The quantitative estimate of drug-likeness (QED) is 0.455. The third-order valence-electron chi connectivity index (χ3n) is 3.40. The van der Waals surface area contributed by atoms with Gasteiger partial charge in [0.15, 0.2) is 5.12 Å². The van der Waals surface area contributed by atoms with Gasteiger partial charge in [-0.1, -0.05) is 18.4 Å². The molecule has 0 spiro atoms. The van der Waals surface area contributed by atoms with Crippen LogP contribution in [0, 0.1) is 0 Å². The third-order valence-corrected chi connectivity index (χ3v) is 8.90. The summed E-state index contributed by atoms with van der Waals surface area (Å²) >= 11 is 14.4. The molecule has 0 aromatic heterocycles. The molecule has 0 saturated heterocycles. The van der Waals surface area contributed by atoms with Crippen LogP contribution < -0.4 is 0 Å². The molecule has 0 heterocycles. The molecule has 0 radical (unpaired) electrons. The second-order valence-corrected chi connectivity index (χ2v) is 9.97. The van der Waals surface area contributed by atoms with Crippen LogP contribution in [-0.4, -0.2) is 30.0 Å². The highest BCUT2D eigenvalue weighted by molar-refractivity contribution is 8.04. The van der Waals surface area contributed by atoms with Crippen LogP contribution in [0.15, 0.2) is 10.5 Å². The summed E-state index contributed by atoms with van der Waals surface area (Å²) in [4.78, 5) is 0.858.